The van der Waals surface area contributed by atoms with Crippen LogP contribution >= 0.6 is 0 Å². The minimum atomic E-state index is -0.515. The average molecular weight is 279 g/mol. The topological polar surface area (TPSA) is 124 Å². The summed E-state index contributed by atoms with van der Waals surface area (Å²) in [5, 5.41) is 10.4. The first-order valence-electron chi connectivity index (χ1n) is 6.34. The van der Waals surface area contributed by atoms with Crippen LogP contribution in [0.4, 0.5) is 11.5 Å². The molecule has 2 rings (SSSR count). The van der Waals surface area contributed by atoms with Crippen LogP contribution in [0.25, 0.3) is 0 Å². The molecular weight excluding hydrogens is 262 g/mol. The summed E-state index contributed by atoms with van der Waals surface area (Å²) in [4.78, 5) is 25.7. The maximum Gasteiger partial charge on any atom is 0.330 e. The predicted octanol–water partition coefficient (Wildman–Crippen LogP) is -0.768. The highest BCUT2D eigenvalue weighted by Gasteiger charge is 2.11. The second-order valence-electron chi connectivity index (χ2n) is 4.26. The van der Waals surface area contributed by atoms with Crippen LogP contribution in [-0.4, -0.2) is 31.1 Å². The minimum Gasteiger partial charge on any atom is -0.383 e. The SMILES string of the molecule is CCCn1c(N)c(NCCn2ccnn2)c(=O)[nH]c1=O. The van der Waals surface area contributed by atoms with Crippen molar-refractivity contribution in [2.45, 2.75) is 26.4 Å². The maximum atomic E-state index is 11.8. The lowest BCUT2D eigenvalue weighted by molar-refractivity contribution is 0.606. The van der Waals surface area contributed by atoms with Crippen molar-refractivity contribution in [3.63, 3.8) is 0 Å². The molecule has 9 nitrogen and oxygen atoms in total. The normalized spacial score (nSPS) is 10.7. The lowest BCUT2D eigenvalue weighted by Crippen LogP contribution is -2.34. The molecular formula is C11H17N7O2. The van der Waals surface area contributed by atoms with Gasteiger partial charge in [-0.1, -0.05) is 12.1 Å². The van der Waals surface area contributed by atoms with Gasteiger partial charge in [-0.25, -0.2) is 4.79 Å². The van der Waals surface area contributed by atoms with Crippen LogP contribution in [0.1, 0.15) is 13.3 Å². The van der Waals surface area contributed by atoms with Crippen LogP contribution in [0.2, 0.25) is 0 Å². The summed E-state index contributed by atoms with van der Waals surface area (Å²) in [5.41, 5.74) is 5.08. The van der Waals surface area contributed by atoms with Gasteiger partial charge in [-0.3, -0.25) is 19.0 Å². The molecule has 9 heteroatoms. The Morgan fingerprint density at radius 2 is 2.20 bits per heavy atom. The van der Waals surface area contributed by atoms with Crippen molar-refractivity contribution in [3.8, 4) is 0 Å². The summed E-state index contributed by atoms with van der Waals surface area (Å²) in [7, 11) is 0. The van der Waals surface area contributed by atoms with E-state index in [0.717, 1.165) is 6.42 Å². The van der Waals surface area contributed by atoms with Crippen LogP contribution in [-0.2, 0) is 13.1 Å². The van der Waals surface area contributed by atoms with Crippen molar-refractivity contribution in [2.75, 3.05) is 17.6 Å². The largest absolute Gasteiger partial charge is 0.383 e. The molecule has 0 unspecified atom stereocenters. The van der Waals surface area contributed by atoms with Crippen molar-refractivity contribution in [2.24, 2.45) is 0 Å². The van der Waals surface area contributed by atoms with Crippen LogP contribution in [0.15, 0.2) is 22.0 Å². The summed E-state index contributed by atoms with van der Waals surface area (Å²) < 4.78 is 2.97. The molecule has 0 amide bonds. The summed E-state index contributed by atoms with van der Waals surface area (Å²) in [6.45, 7) is 3.36. The number of rotatable bonds is 6. The monoisotopic (exact) mass is 279 g/mol. The highest BCUT2D eigenvalue weighted by molar-refractivity contribution is 5.60. The smallest absolute Gasteiger partial charge is 0.330 e. The molecule has 2 heterocycles. The van der Waals surface area contributed by atoms with Crippen LogP contribution < -0.4 is 22.3 Å². The maximum absolute atomic E-state index is 11.8. The van der Waals surface area contributed by atoms with Gasteiger partial charge >= 0.3 is 5.69 Å². The quantitative estimate of drug-likeness (QED) is 0.638. The molecule has 0 radical (unpaired) electrons. The van der Waals surface area contributed by atoms with Crippen LogP contribution in [0, 0.1) is 0 Å². The van der Waals surface area contributed by atoms with E-state index in [1.54, 1.807) is 17.1 Å². The molecule has 0 spiro atoms. The number of anilines is 2. The van der Waals surface area contributed by atoms with Gasteiger partial charge < -0.3 is 11.1 Å². The standard InChI is InChI=1S/C11H17N7O2/c1-2-5-18-9(12)8(10(19)15-11(18)20)13-3-6-17-7-4-14-16-17/h4,7,13H,2-3,5-6,12H2,1H3,(H,15,19,20). The number of nitrogen functional groups attached to an aromatic ring is 1. The molecule has 20 heavy (non-hydrogen) atoms. The Hall–Kier alpha value is -2.58. The molecule has 108 valence electrons. The Morgan fingerprint density at radius 3 is 2.85 bits per heavy atom. The van der Waals surface area contributed by atoms with Gasteiger partial charge in [0.25, 0.3) is 5.56 Å². The fourth-order valence-corrected chi connectivity index (χ4v) is 1.85. The van der Waals surface area contributed by atoms with Crippen molar-refractivity contribution in [3.05, 3.63) is 33.2 Å². The summed E-state index contributed by atoms with van der Waals surface area (Å²) >= 11 is 0. The van der Waals surface area contributed by atoms with Crippen molar-refractivity contribution >= 4 is 11.5 Å². The van der Waals surface area contributed by atoms with Crippen LogP contribution in [0.3, 0.4) is 0 Å². The predicted molar refractivity (Wildman–Crippen MR) is 74.5 cm³/mol. The van der Waals surface area contributed by atoms with E-state index in [-0.39, 0.29) is 11.5 Å². The number of hydrogen-bond acceptors (Lipinski definition) is 6. The molecule has 4 N–H and O–H groups in total. The van der Waals surface area contributed by atoms with Gasteiger partial charge in [-0.15, -0.1) is 5.10 Å². The molecule has 0 aromatic carbocycles. The lowest BCUT2D eigenvalue weighted by Gasteiger charge is -2.13. The Morgan fingerprint density at radius 1 is 1.40 bits per heavy atom. The third-order valence-corrected chi connectivity index (χ3v) is 2.80. The van der Waals surface area contributed by atoms with Gasteiger partial charge in [0.15, 0.2) is 0 Å². The van der Waals surface area contributed by atoms with E-state index in [4.69, 9.17) is 5.73 Å². The molecule has 0 aliphatic rings. The van der Waals surface area contributed by atoms with E-state index in [0.29, 0.717) is 19.6 Å². The zero-order valence-electron chi connectivity index (χ0n) is 11.2. The number of nitrogens with one attached hydrogen (secondary N) is 2. The summed E-state index contributed by atoms with van der Waals surface area (Å²) in [5.74, 6) is 0.152. The number of nitrogens with zero attached hydrogens (tertiary/aromatic N) is 4. The number of aromatic nitrogens is 5. The second kappa shape index (κ2) is 6.04. The summed E-state index contributed by atoms with van der Waals surface area (Å²) in [6, 6.07) is 0. The van der Waals surface area contributed by atoms with Gasteiger partial charge in [0.1, 0.15) is 11.5 Å². The van der Waals surface area contributed by atoms with Crippen molar-refractivity contribution in [1.82, 2.24) is 24.5 Å². The Kier molecular flexibility index (Phi) is 4.18. The molecule has 0 saturated heterocycles. The van der Waals surface area contributed by atoms with E-state index in [2.05, 4.69) is 20.6 Å². The lowest BCUT2D eigenvalue weighted by atomic mass is 10.4. The van der Waals surface area contributed by atoms with Gasteiger partial charge in [-0.05, 0) is 6.42 Å². The Balaban J connectivity index is 2.16. The molecule has 0 fully saturated rings. The first kappa shape index (κ1) is 13.8. The highest BCUT2D eigenvalue weighted by atomic mass is 16.2. The van der Waals surface area contributed by atoms with Gasteiger partial charge in [-0.2, -0.15) is 0 Å². The Labute approximate surface area is 114 Å². The van der Waals surface area contributed by atoms with E-state index in [1.165, 1.54) is 4.57 Å². The summed E-state index contributed by atoms with van der Waals surface area (Å²) in [6.07, 6.45) is 4.03. The first-order chi connectivity index (χ1) is 9.63. The van der Waals surface area contributed by atoms with Gasteiger partial charge in [0.05, 0.1) is 12.7 Å². The zero-order valence-corrected chi connectivity index (χ0v) is 11.2. The molecule has 0 aliphatic heterocycles. The van der Waals surface area contributed by atoms with E-state index in [1.807, 2.05) is 6.92 Å². The molecule has 0 saturated carbocycles. The third kappa shape index (κ3) is 2.87. The van der Waals surface area contributed by atoms with Gasteiger partial charge in [0.2, 0.25) is 0 Å². The van der Waals surface area contributed by atoms with Crippen LogP contribution in [0.5, 0.6) is 0 Å². The van der Waals surface area contributed by atoms with Gasteiger partial charge in [0, 0.05) is 19.3 Å². The fourth-order valence-electron chi connectivity index (χ4n) is 1.85. The highest BCUT2D eigenvalue weighted by Crippen LogP contribution is 2.09. The number of aromatic amines is 1. The molecule has 0 atom stereocenters. The number of H-pyrrole nitrogens is 1. The number of nitrogens with two attached hydrogens (primary N) is 1. The van der Waals surface area contributed by atoms with Crippen molar-refractivity contribution in [1.29, 1.82) is 0 Å². The fraction of sp³-hybridized carbons (Fsp3) is 0.455. The average Bonchev–Trinajstić information content (AvgIpc) is 2.91. The van der Waals surface area contributed by atoms with E-state index >= 15 is 0 Å². The first-order valence-corrected chi connectivity index (χ1v) is 6.34. The van der Waals surface area contributed by atoms with E-state index < -0.39 is 11.2 Å². The molecule has 0 bridgehead atoms. The van der Waals surface area contributed by atoms with Crippen molar-refractivity contribution < 1.29 is 0 Å². The number of hydrogen-bond donors (Lipinski definition) is 3. The second-order valence-corrected chi connectivity index (χ2v) is 4.26. The molecule has 0 aliphatic carbocycles. The molecule has 2 aromatic rings. The Bertz CT molecular complexity index is 671. The zero-order chi connectivity index (χ0) is 14.5. The molecule has 2 aromatic heterocycles. The van der Waals surface area contributed by atoms with E-state index in [9.17, 15) is 9.59 Å². The third-order valence-electron chi connectivity index (χ3n) is 2.80. The minimum absolute atomic E-state index is 0.152.